The highest BCUT2D eigenvalue weighted by atomic mass is 32.2. The van der Waals surface area contributed by atoms with Gasteiger partial charge in [-0.3, -0.25) is 4.79 Å². The van der Waals surface area contributed by atoms with E-state index in [1.54, 1.807) is 11.8 Å². The van der Waals surface area contributed by atoms with Crippen LogP contribution in [-0.2, 0) is 5.75 Å². The lowest BCUT2D eigenvalue weighted by Gasteiger charge is -2.05. The summed E-state index contributed by atoms with van der Waals surface area (Å²) in [6.07, 6.45) is 0. The Hall–Kier alpha value is -1.54. The van der Waals surface area contributed by atoms with Crippen LogP contribution in [0, 0.1) is 13.8 Å². The Morgan fingerprint density at radius 1 is 1.00 bits per heavy atom. The maximum absolute atomic E-state index is 12.0. The largest absolute Gasteiger partial charge is 0.293 e. The minimum atomic E-state index is 0.207. The summed E-state index contributed by atoms with van der Waals surface area (Å²) < 4.78 is 0. The molecule has 2 rings (SSSR count). The number of benzene rings is 2. The van der Waals surface area contributed by atoms with E-state index in [0.29, 0.717) is 5.75 Å². The number of thioether (sulfide) groups is 1. The maximum Gasteiger partial charge on any atom is 0.172 e. The van der Waals surface area contributed by atoms with Crippen molar-refractivity contribution >= 4 is 17.5 Å². The summed E-state index contributed by atoms with van der Waals surface area (Å²) in [6.45, 7) is 4.14. The van der Waals surface area contributed by atoms with Crippen LogP contribution in [0.4, 0.5) is 0 Å². The van der Waals surface area contributed by atoms with Crippen molar-refractivity contribution in [1.82, 2.24) is 0 Å². The summed E-state index contributed by atoms with van der Waals surface area (Å²) in [6, 6.07) is 16.1. The Morgan fingerprint density at radius 3 is 2.37 bits per heavy atom. The molecule has 0 amide bonds. The minimum Gasteiger partial charge on any atom is -0.293 e. The van der Waals surface area contributed by atoms with E-state index in [1.165, 1.54) is 16.7 Å². The van der Waals surface area contributed by atoms with Gasteiger partial charge in [0.05, 0.1) is 5.75 Å². The number of hydrogen-bond acceptors (Lipinski definition) is 2. The molecule has 0 aliphatic carbocycles. The Bertz CT molecular complexity index is 558. The molecule has 0 unspecified atom stereocenters. The summed E-state index contributed by atoms with van der Waals surface area (Å²) >= 11 is 1.68. The summed E-state index contributed by atoms with van der Waals surface area (Å²) in [4.78, 5) is 12.0. The molecule has 0 fully saturated rings. The highest BCUT2D eigenvalue weighted by Crippen LogP contribution is 2.17. The van der Waals surface area contributed by atoms with E-state index in [4.69, 9.17) is 0 Å². The molecular formula is C17H18OS. The lowest BCUT2D eigenvalue weighted by atomic mass is 10.1. The molecule has 19 heavy (non-hydrogen) atoms. The first kappa shape index (κ1) is 13.9. The van der Waals surface area contributed by atoms with Gasteiger partial charge >= 0.3 is 0 Å². The highest BCUT2D eigenvalue weighted by Gasteiger charge is 2.06. The third-order valence-electron chi connectivity index (χ3n) is 3.13. The molecule has 0 saturated carbocycles. The molecule has 0 aliphatic rings. The van der Waals surface area contributed by atoms with Gasteiger partial charge in [-0.25, -0.2) is 0 Å². The fourth-order valence-corrected chi connectivity index (χ4v) is 2.85. The number of rotatable bonds is 5. The fourth-order valence-electron chi connectivity index (χ4n) is 1.85. The van der Waals surface area contributed by atoms with Gasteiger partial charge in [0.15, 0.2) is 5.78 Å². The second kappa shape index (κ2) is 6.58. The van der Waals surface area contributed by atoms with E-state index >= 15 is 0 Å². The molecule has 1 nitrogen and oxygen atoms in total. The van der Waals surface area contributed by atoms with Gasteiger partial charge < -0.3 is 0 Å². The van der Waals surface area contributed by atoms with Gasteiger partial charge in [-0.15, -0.1) is 11.8 Å². The van der Waals surface area contributed by atoms with Crippen molar-refractivity contribution in [3.8, 4) is 0 Å². The normalized spacial score (nSPS) is 10.4. The molecule has 0 heterocycles. The first-order valence-corrected chi connectivity index (χ1v) is 7.54. The average Bonchev–Trinajstić information content (AvgIpc) is 2.41. The van der Waals surface area contributed by atoms with E-state index in [9.17, 15) is 4.79 Å². The minimum absolute atomic E-state index is 0.207. The van der Waals surface area contributed by atoms with Crippen LogP contribution in [0.5, 0.6) is 0 Å². The quantitative estimate of drug-likeness (QED) is 0.748. The second-order valence-corrected chi connectivity index (χ2v) is 5.69. The topological polar surface area (TPSA) is 17.1 Å². The van der Waals surface area contributed by atoms with Crippen LogP contribution in [0.1, 0.15) is 27.0 Å². The number of carbonyl (C=O) groups excluding carboxylic acids is 1. The van der Waals surface area contributed by atoms with Crippen molar-refractivity contribution in [2.45, 2.75) is 19.6 Å². The second-order valence-electron chi connectivity index (χ2n) is 4.71. The Morgan fingerprint density at radius 2 is 1.68 bits per heavy atom. The molecule has 0 aromatic heterocycles. The van der Waals surface area contributed by atoms with Crippen molar-refractivity contribution in [3.63, 3.8) is 0 Å². The first-order chi connectivity index (χ1) is 9.16. The zero-order chi connectivity index (χ0) is 13.7. The predicted molar refractivity (Wildman–Crippen MR) is 82.9 cm³/mol. The smallest absolute Gasteiger partial charge is 0.172 e. The van der Waals surface area contributed by atoms with Crippen LogP contribution < -0.4 is 0 Å². The van der Waals surface area contributed by atoms with Crippen LogP contribution in [0.3, 0.4) is 0 Å². The Labute approximate surface area is 119 Å². The molecular weight excluding hydrogens is 252 g/mol. The predicted octanol–water partition coefficient (Wildman–Crippen LogP) is 4.42. The molecule has 98 valence electrons. The van der Waals surface area contributed by atoms with Crippen LogP contribution in [0.15, 0.2) is 48.5 Å². The molecule has 2 aromatic carbocycles. The fraction of sp³-hybridized carbons (Fsp3) is 0.235. The van der Waals surface area contributed by atoms with E-state index in [-0.39, 0.29) is 5.78 Å². The van der Waals surface area contributed by atoms with Gasteiger partial charge in [0.25, 0.3) is 0 Å². The average molecular weight is 270 g/mol. The van der Waals surface area contributed by atoms with E-state index in [0.717, 1.165) is 11.3 Å². The summed E-state index contributed by atoms with van der Waals surface area (Å²) in [5, 5.41) is 0. The lowest BCUT2D eigenvalue weighted by Crippen LogP contribution is -2.02. The molecule has 0 bridgehead atoms. The zero-order valence-corrected chi connectivity index (χ0v) is 12.2. The van der Waals surface area contributed by atoms with Crippen molar-refractivity contribution in [2.75, 3.05) is 5.75 Å². The Kier molecular flexibility index (Phi) is 4.80. The molecule has 0 N–H and O–H groups in total. The highest BCUT2D eigenvalue weighted by molar-refractivity contribution is 7.99. The van der Waals surface area contributed by atoms with Crippen molar-refractivity contribution in [3.05, 3.63) is 70.8 Å². The van der Waals surface area contributed by atoms with Crippen LogP contribution >= 0.6 is 11.8 Å². The molecule has 0 saturated heterocycles. The van der Waals surface area contributed by atoms with Gasteiger partial charge in [0.1, 0.15) is 0 Å². The number of ketones is 1. The van der Waals surface area contributed by atoms with E-state index in [2.05, 4.69) is 19.1 Å². The van der Waals surface area contributed by atoms with Gasteiger partial charge in [-0.05, 0) is 25.0 Å². The van der Waals surface area contributed by atoms with Gasteiger partial charge in [-0.2, -0.15) is 0 Å². The number of carbonyl (C=O) groups is 1. The van der Waals surface area contributed by atoms with Crippen LogP contribution in [-0.4, -0.2) is 11.5 Å². The third-order valence-corrected chi connectivity index (χ3v) is 4.11. The summed E-state index contributed by atoms with van der Waals surface area (Å²) in [7, 11) is 0. The van der Waals surface area contributed by atoms with Crippen molar-refractivity contribution in [1.29, 1.82) is 0 Å². The summed E-state index contributed by atoms with van der Waals surface area (Å²) in [5.74, 6) is 1.64. The molecule has 2 heteroatoms. The molecule has 0 atom stereocenters. The first-order valence-electron chi connectivity index (χ1n) is 6.39. The van der Waals surface area contributed by atoms with Crippen LogP contribution in [0.2, 0.25) is 0 Å². The van der Waals surface area contributed by atoms with Crippen LogP contribution in [0.25, 0.3) is 0 Å². The molecule has 2 aromatic rings. The molecule has 0 aliphatic heterocycles. The molecule has 0 radical (unpaired) electrons. The monoisotopic (exact) mass is 270 g/mol. The Balaban J connectivity index is 1.88. The van der Waals surface area contributed by atoms with Gasteiger partial charge in [0.2, 0.25) is 0 Å². The maximum atomic E-state index is 12.0. The van der Waals surface area contributed by atoms with Crippen molar-refractivity contribution in [2.24, 2.45) is 0 Å². The van der Waals surface area contributed by atoms with Gasteiger partial charge in [0, 0.05) is 11.3 Å². The lowest BCUT2D eigenvalue weighted by molar-refractivity contribution is 0.102. The standard InChI is InChI=1S/C17H18OS/c1-13-7-9-15(10-8-13)17(18)12-19-11-16-6-4-3-5-14(16)2/h3-10H,11-12H2,1-2H3. The number of hydrogen-bond donors (Lipinski definition) is 0. The molecule has 0 spiro atoms. The SMILES string of the molecule is Cc1ccc(C(=O)CSCc2ccccc2C)cc1. The van der Waals surface area contributed by atoms with E-state index in [1.807, 2.05) is 43.3 Å². The van der Waals surface area contributed by atoms with Crippen molar-refractivity contribution < 1.29 is 4.79 Å². The number of aryl methyl sites for hydroxylation is 2. The van der Waals surface area contributed by atoms with E-state index < -0.39 is 0 Å². The van der Waals surface area contributed by atoms with Gasteiger partial charge in [-0.1, -0.05) is 54.1 Å². The number of Topliss-reactive ketones (excluding diaryl/α,β-unsaturated/α-hetero) is 1. The third kappa shape index (κ3) is 3.97. The zero-order valence-electron chi connectivity index (χ0n) is 11.3. The summed E-state index contributed by atoms with van der Waals surface area (Å²) in [5.41, 5.74) is 4.59.